The van der Waals surface area contributed by atoms with Crippen molar-refractivity contribution in [2.75, 3.05) is 4.90 Å². The Balaban J connectivity index is 3.11. The zero-order valence-electron chi connectivity index (χ0n) is 9.33. The molecule has 0 fully saturated rings. The molecule has 0 aliphatic heterocycles. The van der Waals surface area contributed by atoms with Gasteiger partial charge in [-0.2, -0.15) is 0 Å². The number of hydrogen-bond donors (Lipinski definition) is 0. The van der Waals surface area contributed by atoms with Gasteiger partial charge in [0.15, 0.2) is 0 Å². The molecule has 0 aromatic carbocycles. The Morgan fingerprint density at radius 1 is 1.07 bits per heavy atom. The van der Waals surface area contributed by atoms with E-state index >= 15 is 0 Å². The molecule has 1 rings (SSSR count). The third-order valence-corrected chi connectivity index (χ3v) is 2.39. The van der Waals surface area contributed by atoms with Crippen molar-refractivity contribution in [3.05, 3.63) is 16.5 Å². The third kappa shape index (κ3) is 3.21. The zero-order valence-corrected chi connectivity index (χ0v) is 10.8. The van der Waals surface area contributed by atoms with E-state index in [4.69, 9.17) is 23.2 Å². The smallest absolute Gasteiger partial charge is 0.225 e. The molecule has 0 bridgehead atoms. The van der Waals surface area contributed by atoms with Crippen LogP contribution in [0.15, 0.2) is 6.07 Å². The van der Waals surface area contributed by atoms with Gasteiger partial charge in [0.25, 0.3) is 0 Å². The molecule has 5 heteroatoms. The Kier molecular flexibility index (Phi) is 4.17. The second-order valence-corrected chi connectivity index (χ2v) is 4.64. The van der Waals surface area contributed by atoms with Crippen molar-refractivity contribution in [2.45, 2.75) is 39.8 Å². The van der Waals surface area contributed by atoms with Gasteiger partial charge in [-0.25, -0.2) is 9.97 Å². The van der Waals surface area contributed by atoms with Crippen LogP contribution in [0.5, 0.6) is 0 Å². The highest BCUT2D eigenvalue weighted by Gasteiger charge is 2.16. The van der Waals surface area contributed by atoms with Crippen LogP contribution in [0, 0.1) is 0 Å². The molecule has 1 heterocycles. The molecule has 1 aromatic rings. The first-order valence-corrected chi connectivity index (χ1v) is 5.66. The minimum absolute atomic E-state index is 0.184. The van der Waals surface area contributed by atoms with Crippen LogP contribution >= 0.6 is 23.2 Å². The minimum Gasteiger partial charge on any atom is -0.352 e. The highest BCUT2D eigenvalue weighted by molar-refractivity contribution is 6.32. The molecule has 0 aliphatic carbocycles. The van der Waals surface area contributed by atoms with Crippen molar-refractivity contribution >= 4 is 29.0 Å². The van der Waals surface area contributed by atoms with Crippen LogP contribution in [-0.2, 0) is 0 Å². The molecule has 0 N–H and O–H groups in total. The first kappa shape index (κ1) is 12.5. The fourth-order valence-electron chi connectivity index (χ4n) is 1.64. The summed E-state index contributed by atoms with van der Waals surface area (Å²) in [7, 11) is 0. The Hall–Kier alpha value is -0.540. The van der Waals surface area contributed by atoms with E-state index in [1.165, 1.54) is 0 Å². The van der Waals surface area contributed by atoms with E-state index in [-0.39, 0.29) is 5.28 Å². The maximum atomic E-state index is 5.84. The van der Waals surface area contributed by atoms with Gasteiger partial charge in [-0.3, -0.25) is 0 Å². The van der Waals surface area contributed by atoms with Crippen molar-refractivity contribution in [1.29, 1.82) is 0 Å². The Morgan fingerprint density at radius 3 is 2.00 bits per heavy atom. The van der Waals surface area contributed by atoms with E-state index in [0.29, 0.717) is 17.2 Å². The average Bonchev–Trinajstić information content (AvgIpc) is 1.99. The molecule has 15 heavy (non-hydrogen) atoms. The van der Waals surface area contributed by atoms with Crippen molar-refractivity contribution in [1.82, 2.24) is 9.97 Å². The molecule has 84 valence electrons. The molecular formula is C10H15Cl2N3. The van der Waals surface area contributed by atoms with Crippen molar-refractivity contribution in [3.8, 4) is 0 Å². The second kappa shape index (κ2) is 4.99. The number of halogens is 2. The van der Waals surface area contributed by atoms with Gasteiger partial charge in [-0.1, -0.05) is 11.6 Å². The van der Waals surface area contributed by atoms with Crippen LogP contribution in [0.1, 0.15) is 27.7 Å². The largest absolute Gasteiger partial charge is 0.352 e. The summed E-state index contributed by atoms with van der Waals surface area (Å²) in [6.07, 6.45) is 0. The summed E-state index contributed by atoms with van der Waals surface area (Å²) < 4.78 is 0. The summed E-state index contributed by atoms with van der Waals surface area (Å²) in [5.41, 5.74) is 0. The summed E-state index contributed by atoms with van der Waals surface area (Å²) in [4.78, 5) is 10.1. The highest BCUT2D eigenvalue weighted by Crippen LogP contribution is 2.22. The molecule has 0 unspecified atom stereocenters. The average molecular weight is 248 g/mol. The zero-order chi connectivity index (χ0) is 11.6. The summed E-state index contributed by atoms with van der Waals surface area (Å²) in [5.74, 6) is 0.769. The lowest BCUT2D eigenvalue weighted by Gasteiger charge is -2.31. The first-order valence-electron chi connectivity index (χ1n) is 4.90. The number of aromatic nitrogens is 2. The SMILES string of the molecule is CC(C)N(c1cc(Cl)nc(Cl)n1)C(C)C. The molecule has 0 radical (unpaired) electrons. The minimum atomic E-state index is 0.184. The summed E-state index contributed by atoms with van der Waals surface area (Å²) >= 11 is 11.6. The lowest BCUT2D eigenvalue weighted by atomic mass is 10.2. The van der Waals surface area contributed by atoms with Gasteiger partial charge in [0, 0.05) is 18.2 Å². The maximum absolute atomic E-state index is 5.84. The van der Waals surface area contributed by atoms with E-state index in [0.717, 1.165) is 5.82 Å². The summed E-state index contributed by atoms with van der Waals surface area (Å²) in [6, 6.07) is 2.41. The molecule has 0 saturated carbocycles. The van der Waals surface area contributed by atoms with E-state index in [9.17, 15) is 0 Å². The van der Waals surface area contributed by atoms with Crippen LogP contribution in [-0.4, -0.2) is 22.1 Å². The monoisotopic (exact) mass is 247 g/mol. The highest BCUT2D eigenvalue weighted by atomic mass is 35.5. The maximum Gasteiger partial charge on any atom is 0.225 e. The van der Waals surface area contributed by atoms with Crippen LogP contribution in [0.4, 0.5) is 5.82 Å². The normalized spacial score (nSPS) is 11.2. The molecule has 0 spiro atoms. The Labute approximate surface area is 100 Å². The van der Waals surface area contributed by atoms with Crippen LogP contribution < -0.4 is 4.90 Å². The summed E-state index contributed by atoms with van der Waals surface area (Å²) in [6.45, 7) is 8.40. The number of anilines is 1. The fourth-order valence-corrected chi connectivity index (χ4v) is 2.03. The van der Waals surface area contributed by atoms with Gasteiger partial charge in [0.1, 0.15) is 11.0 Å². The van der Waals surface area contributed by atoms with Crippen LogP contribution in [0.3, 0.4) is 0 Å². The molecule has 1 aromatic heterocycles. The topological polar surface area (TPSA) is 29.0 Å². The number of hydrogen-bond acceptors (Lipinski definition) is 3. The fraction of sp³-hybridized carbons (Fsp3) is 0.600. The molecule has 0 atom stereocenters. The predicted octanol–water partition coefficient (Wildman–Crippen LogP) is 3.41. The molecule has 0 saturated heterocycles. The molecule has 0 aliphatic rings. The quantitative estimate of drug-likeness (QED) is 0.606. The molecule has 3 nitrogen and oxygen atoms in total. The van der Waals surface area contributed by atoms with E-state index in [1.54, 1.807) is 6.07 Å². The van der Waals surface area contributed by atoms with E-state index < -0.39 is 0 Å². The number of rotatable bonds is 3. The van der Waals surface area contributed by atoms with Gasteiger partial charge in [0.05, 0.1) is 0 Å². The summed E-state index contributed by atoms with van der Waals surface area (Å²) in [5, 5.41) is 0.556. The lowest BCUT2D eigenvalue weighted by Crippen LogP contribution is -2.37. The van der Waals surface area contributed by atoms with Crippen molar-refractivity contribution in [2.24, 2.45) is 0 Å². The van der Waals surface area contributed by atoms with Crippen molar-refractivity contribution in [3.63, 3.8) is 0 Å². The number of nitrogens with zero attached hydrogens (tertiary/aromatic N) is 3. The predicted molar refractivity (Wildman–Crippen MR) is 64.8 cm³/mol. The van der Waals surface area contributed by atoms with E-state index in [2.05, 4.69) is 42.6 Å². The standard InChI is InChI=1S/C10H15Cl2N3/c1-6(2)15(7(3)4)9-5-8(11)13-10(12)14-9/h5-7H,1-4H3. The lowest BCUT2D eigenvalue weighted by molar-refractivity contribution is 0.599. The van der Waals surface area contributed by atoms with Gasteiger partial charge in [-0.05, 0) is 39.3 Å². The van der Waals surface area contributed by atoms with Crippen molar-refractivity contribution < 1.29 is 0 Å². The van der Waals surface area contributed by atoms with Gasteiger partial charge in [-0.15, -0.1) is 0 Å². The van der Waals surface area contributed by atoms with E-state index in [1.807, 2.05) is 0 Å². The second-order valence-electron chi connectivity index (χ2n) is 3.91. The Morgan fingerprint density at radius 2 is 1.60 bits per heavy atom. The van der Waals surface area contributed by atoms with Gasteiger partial charge in [0.2, 0.25) is 5.28 Å². The van der Waals surface area contributed by atoms with Crippen LogP contribution in [0.25, 0.3) is 0 Å². The molecular weight excluding hydrogens is 233 g/mol. The van der Waals surface area contributed by atoms with Crippen LogP contribution in [0.2, 0.25) is 10.4 Å². The van der Waals surface area contributed by atoms with Gasteiger partial charge < -0.3 is 4.90 Å². The van der Waals surface area contributed by atoms with Gasteiger partial charge >= 0.3 is 0 Å². The third-order valence-electron chi connectivity index (χ3n) is 2.03. The molecule has 0 amide bonds. The first-order chi connectivity index (χ1) is 6.91. The Bertz CT molecular complexity index is 311.